The van der Waals surface area contributed by atoms with E-state index >= 15 is 0 Å². The molecule has 2 rings (SSSR count). The van der Waals surface area contributed by atoms with E-state index < -0.39 is 0 Å². The van der Waals surface area contributed by atoms with Gasteiger partial charge in [-0.05, 0) is 5.57 Å². The van der Waals surface area contributed by atoms with Gasteiger partial charge < -0.3 is 0 Å². The van der Waals surface area contributed by atoms with Crippen LogP contribution in [0.15, 0.2) is 16.6 Å². The van der Waals surface area contributed by atoms with E-state index in [-0.39, 0.29) is 0 Å². The van der Waals surface area contributed by atoms with E-state index in [1.807, 2.05) is 6.21 Å². The van der Waals surface area contributed by atoms with E-state index in [0.717, 1.165) is 6.42 Å². The van der Waals surface area contributed by atoms with Crippen LogP contribution in [0.2, 0.25) is 0 Å². The Bertz CT molecular complexity index is 133. The third kappa shape index (κ3) is 0.152. The molecule has 0 spiro atoms. The van der Waals surface area contributed by atoms with Crippen LogP contribution in [0.3, 0.4) is 0 Å². The number of aliphatic imine (C=N–C) groups is 1. The van der Waals surface area contributed by atoms with Gasteiger partial charge in [0.1, 0.15) is 0 Å². The summed E-state index contributed by atoms with van der Waals surface area (Å²) < 4.78 is 0. The summed E-state index contributed by atoms with van der Waals surface area (Å²) in [4.78, 5) is 4.09. The van der Waals surface area contributed by atoms with Crippen LogP contribution in [-0.2, 0) is 0 Å². The van der Waals surface area contributed by atoms with Crippen LogP contribution in [0.1, 0.15) is 6.42 Å². The minimum atomic E-state index is 0.574. The van der Waals surface area contributed by atoms with Gasteiger partial charge in [-0.3, -0.25) is 4.99 Å². The van der Waals surface area contributed by atoms with Crippen molar-refractivity contribution in [2.45, 2.75) is 12.5 Å². The van der Waals surface area contributed by atoms with Gasteiger partial charge in [0.05, 0.1) is 6.04 Å². The first-order valence-electron chi connectivity index (χ1n) is 2.19. The second kappa shape index (κ2) is 0.579. The predicted molar refractivity (Wildman–Crippen MR) is 25.0 cm³/mol. The maximum atomic E-state index is 4.09. The van der Waals surface area contributed by atoms with Gasteiger partial charge in [-0.1, -0.05) is 6.08 Å². The second-order valence-corrected chi connectivity index (χ2v) is 1.72. The number of dihydropyridines is 1. The lowest BCUT2D eigenvalue weighted by Crippen LogP contribution is -1.67. The second-order valence-electron chi connectivity index (χ2n) is 1.72. The molecule has 0 saturated carbocycles. The summed E-state index contributed by atoms with van der Waals surface area (Å²) in [5.41, 5.74) is 1.52. The fraction of sp³-hybridized carbons (Fsp3) is 0.400. The predicted octanol–water partition coefficient (Wildman–Crippen LogP) is 0.770. The van der Waals surface area contributed by atoms with Crippen molar-refractivity contribution in [3.63, 3.8) is 0 Å². The molecule has 0 aromatic rings. The number of hydrogen-bond donors (Lipinski definition) is 0. The van der Waals surface area contributed by atoms with Crippen LogP contribution in [0.25, 0.3) is 0 Å². The highest BCUT2D eigenvalue weighted by atomic mass is 14.8. The molecular formula is C5H5N. The van der Waals surface area contributed by atoms with Crippen LogP contribution in [0, 0.1) is 0 Å². The Morgan fingerprint density at radius 3 is 3.00 bits per heavy atom. The van der Waals surface area contributed by atoms with Crippen molar-refractivity contribution < 1.29 is 0 Å². The normalized spacial score (nSPS) is 36.0. The fourth-order valence-electron chi connectivity index (χ4n) is 0.754. The van der Waals surface area contributed by atoms with E-state index in [1.165, 1.54) is 5.57 Å². The van der Waals surface area contributed by atoms with E-state index in [2.05, 4.69) is 11.1 Å². The van der Waals surface area contributed by atoms with Gasteiger partial charge in [0, 0.05) is 12.6 Å². The quantitative estimate of drug-likeness (QED) is 0.380. The van der Waals surface area contributed by atoms with Crippen LogP contribution in [-0.4, -0.2) is 12.3 Å². The Balaban J connectivity index is 2.36. The van der Waals surface area contributed by atoms with Gasteiger partial charge >= 0.3 is 0 Å². The maximum absolute atomic E-state index is 4.09. The summed E-state index contributed by atoms with van der Waals surface area (Å²) in [5, 5.41) is 0. The standard InChI is InChI=1S/C5H5N/c1-2-6-5-3-4(1)5/h2-3,5H,1H2. The topological polar surface area (TPSA) is 12.4 Å². The van der Waals surface area contributed by atoms with Crippen molar-refractivity contribution >= 4 is 6.21 Å². The van der Waals surface area contributed by atoms with Crippen LogP contribution in [0.4, 0.5) is 0 Å². The first kappa shape index (κ1) is 2.56. The highest BCUT2D eigenvalue weighted by Gasteiger charge is 2.25. The minimum absolute atomic E-state index is 0.574. The lowest BCUT2D eigenvalue weighted by atomic mass is 10.4. The average Bonchev–Trinajstić information content (AvgIpc) is 2.17. The molecule has 30 valence electrons. The first-order valence-corrected chi connectivity index (χ1v) is 2.19. The third-order valence-electron chi connectivity index (χ3n) is 1.24. The van der Waals surface area contributed by atoms with Crippen molar-refractivity contribution in [2.24, 2.45) is 4.99 Å². The summed E-state index contributed by atoms with van der Waals surface area (Å²) in [7, 11) is 0. The zero-order chi connectivity index (χ0) is 3.98. The fourth-order valence-corrected chi connectivity index (χ4v) is 0.754. The molecule has 0 radical (unpaired) electrons. The largest absolute Gasteiger partial charge is 0.285 e. The van der Waals surface area contributed by atoms with Gasteiger partial charge in [0.2, 0.25) is 0 Å². The monoisotopic (exact) mass is 79.0 g/mol. The van der Waals surface area contributed by atoms with E-state index in [4.69, 9.17) is 0 Å². The summed E-state index contributed by atoms with van der Waals surface area (Å²) >= 11 is 0. The molecule has 0 saturated heterocycles. The maximum Gasteiger partial charge on any atom is 0.0894 e. The van der Waals surface area contributed by atoms with Gasteiger partial charge in [-0.25, -0.2) is 0 Å². The van der Waals surface area contributed by atoms with E-state index in [1.54, 1.807) is 0 Å². The lowest BCUT2D eigenvalue weighted by molar-refractivity contribution is 1.16. The molecule has 0 fully saturated rings. The Hall–Kier alpha value is -0.590. The summed E-state index contributed by atoms with van der Waals surface area (Å²) in [6.45, 7) is 0. The Morgan fingerprint density at radius 2 is 2.83 bits per heavy atom. The van der Waals surface area contributed by atoms with Crippen molar-refractivity contribution in [1.82, 2.24) is 0 Å². The van der Waals surface area contributed by atoms with Gasteiger partial charge in [0.25, 0.3) is 0 Å². The SMILES string of the molecule is C1=NC2C=C2C1. The molecule has 1 heteroatoms. The van der Waals surface area contributed by atoms with Crippen molar-refractivity contribution in [2.75, 3.05) is 0 Å². The molecule has 0 amide bonds. The zero-order valence-electron chi connectivity index (χ0n) is 3.39. The number of hydrogen-bond acceptors (Lipinski definition) is 1. The number of nitrogens with zero attached hydrogens (tertiary/aromatic N) is 1. The van der Waals surface area contributed by atoms with E-state index in [0.29, 0.717) is 6.04 Å². The molecular weight excluding hydrogens is 74.1 g/mol. The number of fused-ring (bicyclic) bond motifs is 1. The van der Waals surface area contributed by atoms with E-state index in [9.17, 15) is 0 Å². The smallest absolute Gasteiger partial charge is 0.0894 e. The molecule has 1 unspecified atom stereocenters. The molecule has 1 aliphatic heterocycles. The molecule has 0 aromatic carbocycles. The Morgan fingerprint density at radius 1 is 1.83 bits per heavy atom. The van der Waals surface area contributed by atoms with Crippen LogP contribution >= 0.6 is 0 Å². The molecule has 1 aliphatic carbocycles. The van der Waals surface area contributed by atoms with Crippen LogP contribution < -0.4 is 0 Å². The third-order valence-corrected chi connectivity index (χ3v) is 1.24. The summed E-state index contributed by atoms with van der Waals surface area (Å²) in [6, 6.07) is 0.574. The molecule has 1 heterocycles. The average molecular weight is 79.1 g/mol. The van der Waals surface area contributed by atoms with Crippen LogP contribution in [0.5, 0.6) is 0 Å². The van der Waals surface area contributed by atoms with Crippen molar-refractivity contribution in [1.29, 1.82) is 0 Å². The Labute approximate surface area is 36.4 Å². The molecule has 0 aromatic heterocycles. The van der Waals surface area contributed by atoms with Gasteiger partial charge in [0.15, 0.2) is 0 Å². The van der Waals surface area contributed by atoms with Crippen molar-refractivity contribution in [3.05, 3.63) is 11.6 Å². The highest BCUT2D eigenvalue weighted by molar-refractivity contribution is 5.71. The van der Waals surface area contributed by atoms with Gasteiger partial charge in [-0.15, -0.1) is 0 Å². The molecule has 0 bridgehead atoms. The Kier molecular flexibility index (Phi) is 0.247. The summed E-state index contributed by atoms with van der Waals surface area (Å²) in [5.74, 6) is 0. The summed E-state index contributed by atoms with van der Waals surface area (Å²) in [6.07, 6.45) is 5.31. The zero-order valence-corrected chi connectivity index (χ0v) is 3.39. The lowest BCUT2D eigenvalue weighted by Gasteiger charge is -1.68. The molecule has 2 aliphatic rings. The molecule has 6 heavy (non-hydrogen) atoms. The number of rotatable bonds is 0. The molecule has 1 atom stereocenters. The van der Waals surface area contributed by atoms with Gasteiger partial charge in [-0.2, -0.15) is 0 Å². The first-order chi connectivity index (χ1) is 2.97. The highest BCUT2D eigenvalue weighted by Crippen LogP contribution is 2.30. The van der Waals surface area contributed by atoms with Crippen molar-refractivity contribution in [3.8, 4) is 0 Å². The molecule has 1 nitrogen and oxygen atoms in total. The molecule has 0 N–H and O–H groups in total. The minimum Gasteiger partial charge on any atom is -0.285 e.